The first-order valence-electron chi connectivity index (χ1n) is 9.30. The molecule has 144 valence electrons. The van der Waals surface area contributed by atoms with E-state index in [9.17, 15) is 14.4 Å². The highest BCUT2D eigenvalue weighted by Crippen LogP contribution is 2.21. The zero-order chi connectivity index (χ0) is 20.4. The predicted octanol–water partition coefficient (Wildman–Crippen LogP) is 3.63. The molecular weight excluding hydrogens is 366 g/mol. The number of carbonyl (C=O) groups excluding carboxylic acids is 1. The van der Waals surface area contributed by atoms with Crippen molar-refractivity contribution in [1.82, 2.24) is 9.55 Å². The molecule has 29 heavy (non-hydrogen) atoms. The maximum absolute atomic E-state index is 12.6. The number of aryl methyl sites for hydroxylation is 1. The minimum absolute atomic E-state index is 0.297. The van der Waals surface area contributed by atoms with Crippen LogP contribution >= 0.6 is 0 Å². The summed E-state index contributed by atoms with van der Waals surface area (Å²) in [5.41, 5.74) is 2.95. The first-order valence-corrected chi connectivity index (χ1v) is 9.30. The van der Waals surface area contributed by atoms with Crippen molar-refractivity contribution in [2.24, 2.45) is 0 Å². The van der Waals surface area contributed by atoms with E-state index in [1.807, 2.05) is 54.6 Å². The molecule has 4 aromatic rings. The largest absolute Gasteiger partial charge is 0.322 e. The molecule has 6 nitrogen and oxygen atoms in total. The monoisotopic (exact) mass is 385 g/mol. The van der Waals surface area contributed by atoms with Gasteiger partial charge >= 0.3 is 11.1 Å². The van der Waals surface area contributed by atoms with Gasteiger partial charge in [-0.25, -0.2) is 0 Å². The fourth-order valence-electron chi connectivity index (χ4n) is 3.31. The van der Waals surface area contributed by atoms with Crippen LogP contribution in [0.2, 0.25) is 0 Å². The van der Waals surface area contributed by atoms with Gasteiger partial charge in [-0.2, -0.15) is 0 Å². The molecule has 0 bridgehead atoms. The first kappa shape index (κ1) is 18.4. The lowest BCUT2D eigenvalue weighted by Gasteiger charge is -2.10. The number of amides is 1. The molecule has 0 radical (unpaired) electrons. The molecule has 4 rings (SSSR count). The fraction of sp³-hybridized carbons (Fsp3) is 0.0870. The first-order chi connectivity index (χ1) is 14.1. The van der Waals surface area contributed by atoms with Crippen molar-refractivity contribution in [3.63, 3.8) is 0 Å². The highest BCUT2D eigenvalue weighted by Gasteiger charge is 2.11. The Bertz CT molecular complexity index is 1300. The standard InChI is InChI=1S/C23H19N3O3/c1-2-26-20-13-10-17(14-19(20)25-22(28)23(26)29)21(27)24-18-11-8-16(9-12-18)15-6-4-3-5-7-15/h3-14H,2H2,1H3,(H,24,27)(H,25,28). The minimum Gasteiger partial charge on any atom is -0.322 e. The summed E-state index contributed by atoms with van der Waals surface area (Å²) in [7, 11) is 0. The Balaban J connectivity index is 1.60. The third kappa shape index (κ3) is 3.60. The van der Waals surface area contributed by atoms with Crippen molar-refractivity contribution in [3.8, 4) is 11.1 Å². The number of nitrogens with one attached hydrogen (secondary N) is 2. The SMILES string of the molecule is CCn1c(=O)c(=O)[nH]c2cc(C(=O)Nc3ccc(-c4ccccc4)cc3)ccc21. The Hall–Kier alpha value is -3.93. The number of aromatic amines is 1. The number of benzene rings is 3. The van der Waals surface area contributed by atoms with Crippen molar-refractivity contribution < 1.29 is 4.79 Å². The summed E-state index contributed by atoms with van der Waals surface area (Å²) in [6.45, 7) is 2.17. The van der Waals surface area contributed by atoms with Gasteiger partial charge in [0.15, 0.2) is 0 Å². The molecule has 1 aromatic heterocycles. The minimum atomic E-state index is -0.701. The molecule has 2 N–H and O–H groups in total. The molecular formula is C23H19N3O3. The van der Waals surface area contributed by atoms with Crippen LogP contribution < -0.4 is 16.4 Å². The maximum atomic E-state index is 12.6. The number of fused-ring (bicyclic) bond motifs is 1. The lowest BCUT2D eigenvalue weighted by molar-refractivity contribution is 0.102. The topological polar surface area (TPSA) is 84.0 Å². The van der Waals surface area contributed by atoms with Crippen molar-refractivity contribution in [1.29, 1.82) is 0 Å². The zero-order valence-electron chi connectivity index (χ0n) is 15.8. The van der Waals surface area contributed by atoms with Gasteiger partial charge in [0.1, 0.15) is 0 Å². The van der Waals surface area contributed by atoms with Gasteiger partial charge in [0.05, 0.1) is 11.0 Å². The van der Waals surface area contributed by atoms with Gasteiger partial charge in [-0.05, 0) is 48.4 Å². The Morgan fingerprint density at radius 3 is 2.31 bits per heavy atom. The molecule has 6 heteroatoms. The lowest BCUT2D eigenvalue weighted by Crippen LogP contribution is -2.36. The lowest BCUT2D eigenvalue weighted by atomic mass is 10.1. The van der Waals surface area contributed by atoms with Crippen LogP contribution in [0.25, 0.3) is 22.2 Å². The van der Waals surface area contributed by atoms with E-state index in [1.165, 1.54) is 4.57 Å². The van der Waals surface area contributed by atoms with E-state index in [-0.39, 0.29) is 5.91 Å². The molecule has 0 atom stereocenters. The maximum Gasteiger partial charge on any atom is 0.316 e. The average Bonchev–Trinajstić information content (AvgIpc) is 2.75. The zero-order valence-corrected chi connectivity index (χ0v) is 15.8. The normalized spacial score (nSPS) is 10.8. The second-order valence-corrected chi connectivity index (χ2v) is 6.63. The van der Waals surface area contributed by atoms with Gasteiger partial charge in [-0.1, -0.05) is 42.5 Å². The summed E-state index contributed by atoms with van der Waals surface area (Å²) in [5.74, 6) is -0.297. The summed E-state index contributed by atoms with van der Waals surface area (Å²) < 4.78 is 1.39. The van der Waals surface area contributed by atoms with Crippen molar-refractivity contribution in [2.75, 3.05) is 5.32 Å². The van der Waals surface area contributed by atoms with Gasteiger partial charge in [0, 0.05) is 17.8 Å². The van der Waals surface area contributed by atoms with Crippen LogP contribution in [0.15, 0.2) is 82.4 Å². The number of hydrogen-bond acceptors (Lipinski definition) is 3. The van der Waals surface area contributed by atoms with E-state index in [2.05, 4.69) is 10.3 Å². The summed E-state index contributed by atoms with van der Waals surface area (Å²) in [6, 6.07) is 22.5. The van der Waals surface area contributed by atoms with E-state index in [0.29, 0.717) is 28.8 Å². The summed E-state index contributed by atoms with van der Waals surface area (Å²) in [6.07, 6.45) is 0. The number of hydrogen-bond donors (Lipinski definition) is 2. The van der Waals surface area contributed by atoms with Crippen molar-refractivity contribution in [2.45, 2.75) is 13.5 Å². The molecule has 0 unspecified atom stereocenters. The Kier molecular flexibility index (Phi) is 4.83. The molecule has 0 aliphatic carbocycles. The molecule has 1 heterocycles. The van der Waals surface area contributed by atoms with E-state index in [4.69, 9.17) is 0 Å². The second kappa shape index (κ2) is 7.59. The molecule has 0 aliphatic rings. The van der Waals surface area contributed by atoms with E-state index in [0.717, 1.165) is 11.1 Å². The van der Waals surface area contributed by atoms with Crippen LogP contribution in [0.4, 0.5) is 5.69 Å². The Morgan fingerprint density at radius 1 is 0.931 bits per heavy atom. The smallest absolute Gasteiger partial charge is 0.316 e. The van der Waals surface area contributed by atoms with Crippen LogP contribution in [-0.2, 0) is 6.54 Å². The van der Waals surface area contributed by atoms with Crippen LogP contribution in [0.1, 0.15) is 17.3 Å². The highest BCUT2D eigenvalue weighted by molar-refractivity contribution is 6.06. The van der Waals surface area contributed by atoms with Gasteiger partial charge in [0.2, 0.25) is 0 Å². The fourth-order valence-corrected chi connectivity index (χ4v) is 3.31. The number of anilines is 1. The van der Waals surface area contributed by atoms with Crippen LogP contribution in [0, 0.1) is 0 Å². The molecule has 0 fully saturated rings. The van der Waals surface area contributed by atoms with E-state index in [1.54, 1.807) is 25.1 Å². The van der Waals surface area contributed by atoms with Crippen LogP contribution in [0.3, 0.4) is 0 Å². The summed E-state index contributed by atoms with van der Waals surface area (Å²) in [4.78, 5) is 39.0. The van der Waals surface area contributed by atoms with Crippen LogP contribution in [0.5, 0.6) is 0 Å². The molecule has 0 spiro atoms. The number of aromatic nitrogens is 2. The van der Waals surface area contributed by atoms with Crippen molar-refractivity contribution in [3.05, 3.63) is 99.1 Å². The molecule has 3 aromatic carbocycles. The molecule has 0 saturated heterocycles. The molecule has 0 aliphatic heterocycles. The Morgan fingerprint density at radius 2 is 1.62 bits per heavy atom. The summed E-state index contributed by atoms with van der Waals surface area (Å²) >= 11 is 0. The second-order valence-electron chi connectivity index (χ2n) is 6.63. The van der Waals surface area contributed by atoms with Gasteiger partial charge < -0.3 is 14.9 Å². The number of carbonyl (C=O) groups is 1. The van der Waals surface area contributed by atoms with E-state index >= 15 is 0 Å². The third-order valence-corrected chi connectivity index (χ3v) is 4.80. The Labute approximate surface area is 166 Å². The number of H-pyrrole nitrogens is 1. The van der Waals surface area contributed by atoms with Gasteiger partial charge in [0.25, 0.3) is 5.91 Å². The number of nitrogens with zero attached hydrogens (tertiary/aromatic N) is 1. The summed E-state index contributed by atoms with van der Waals surface area (Å²) in [5, 5.41) is 2.86. The van der Waals surface area contributed by atoms with E-state index < -0.39 is 11.1 Å². The van der Waals surface area contributed by atoms with Crippen molar-refractivity contribution >= 4 is 22.6 Å². The quantitative estimate of drug-likeness (QED) is 0.526. The third-order valence-electron chi connectivity index (χ3n) is 4.80. The molecule has 1 amide bonds. The predicted molar refractivity (Wildman–Crippen MR) is 114 cm³/mol. The number of rotatable bonds is 4. The van der Waals surface area contributed by atoms with Crippen LogP contribution in [-0.4, -0.2) is 15.5 Å². The van der Waals surface area contributed by atoms with Gasteiger partial charge in [-0.15, -0.1) is 0 Å². The molecule has 0 saturated carbocycles. The van der Waals surface area contributed by atoms with Gasteiger partial charge in [-0.3, -0.25) is 14.4 Å². The average molecular weight is 385 g/mol. The highest BCUT2D eigenvalue weighted by atomic mass is 16.2.